The predicted octanol–water partition coefficient (Wildman–Crippen LogP) is 4.95. The lowest BCUT2D eigenvalue weighted by Crippen LogP contribution is -2.49. The number of piperazine rings is 1. The van der Waals surface area contributed by atoms with Gasteiger partial charge in [0, 0.05) is 56.9 Å². The molecular formula is C31H44F2N8O2. The number of fused-ring (bicyclic) bond motifs is 1. The van der Waals surface area contributed by atoms with Gasteiger partial charge in [0.15, 0.2) is 5.65 Å². The Kier molecular flexibility index (Phi) is 9.75. The van der Waals surface area contributed by atoms with E-state index in [4.69, 9.17) is 9.97 Å². The van der Waals surface area contributed by atoms with Gasteiger partial charge in [-0.15, -0.1) is 0 Å². The number of likely N-dealkylation sites (N-methyl/N-ethyl adjacent to an activating group) is 1. The normalized spacial score (nSPS) is 24.9. The van der Waals surface area contributed by atoms with Crippen molar-refractivity contribution in [1.82, 2.24) is 29.3 Å². The van der Waals surface area contributed by atoms with Crippen LogP contribution in [0.25, 0.3) is 11.2 Å². The molecule has 2 aliphatic carbocycles. The van der Waals surface area contributed by atoms with E-state index in [0.29, 0.717) is 23.1 Å². The monoisotopic (exact) mass is 598 g/mol. The first-order chi connectivity index (χ1) is 20.4. The maximum atomic E-state index is 14.6. The first-order valence-corrected chi connectivity index (χ1v) is 15.2. The zero-order valence-corrected chi connectivity index (χ0v) is 24.1. The number of imidazole rings is 1. The zero-order valence-electron chi connectivity index (χ0n) is 24.1. The highest BCUT2D eigenvalue weighted by molar-refractivity contribution is 5.79. The van der Waals surface area contributed by atoms with Crippen LogP contribution in [0.2, 0.25) is 0 Å². The van der Waals surface area contributed by atoms with Gasteiger partial charge in [0.2, 0.25) is 17.8 Å². The van der Waals surface area contributed by atoms with Crippen LogP contribution in [0.4, 0.5) is 26.4 Å². The Morgan fingerprint density at radius 2 is 1.72 bits per heavy atom. The molecule has 6 rings (SSSR count). The van der Waals surface area contributed by atoms with Crippen molar-refractivity contribution in [2.24, 2.45) is 11.8 Å². The van der Waals surface area contributed by atoms with E-state index in [0.717, 1.165) is 83.6 Å². The van der Waals surface area contributed by atoms with Gasteiger partial charge >= 0.3 is 0 Å². The third kappa shape index (κ3) is 6.90. The van der Waals surface area contributed by atoms with E-state index < -0.39 is 11.6 Å². The summed E-state index contributed by atoms with van der Waals surface area (Å²) in [6.07, 6.45) is 8.50. The van der Waals surface area contributed by atoms with Crippen molar-refractivity contribution in [1.29, 1.82) is 0 Å². The maximum absolute atomic E-state index is 14.6. The number of rotatable bonds is 7. The molecule has 3 heterocycles. The van der Waals surface area contributed by atoms with E-state index in [9.17, 15) is 18.7 Å². The minimum absolute atomic E-state index is 0. The quantitative estimate of drug-likeness (QED) is 0.350. The van der Waals surface area contributed by atoms with E-state index >= 15 is 0 Å². The summed E-state index contributed by atoms with van der Waals surface area (Å²) in [5, 5.41) is 16.2. The fourth-order valence-corrected chi connectivity index (χ4v) is 6.64. The van der Waals surface area contributed by atoms with Crippen LogP contribution < -0.4 is 10.6 Å². The van der Waals surface area contributed by atoms with E-state index in [1.807, 2.05) is 9.47 Å². The van der Waals surface area contributed by atoms with Gasteiger partial charge < -0.3 is 25.5 Å². The van der Waals surface area contributed by atoms with E-state index in [1.54, 1.807) is 6.20 Å². The van der Waals surface area contributed by atoms with Crippen molar-refractivity contribution in [3.8, 4) is 0 Å². The zero-order chi connectivity index (χ0) is 29.2. The Morgan fingerprint density at radius 1 is 1.00 bits per heavy atom. The predicted molar refractivity (Wildman–Crippen MR) is 163 cm³/mol. The van der Waals surface area contributed by atoms with Gasteiger partial charge in [-0.05, 0) is 76.5 Å². The molecule has 1 aromatic carbocycles. The average Bonchev–Trinajstić information content (AvgIpc) is 3.36. The molecular weight excluding hydrogens is 554 g/mol. The SMILES string of the molecule is C.CN1CCN(C(=O)C2CCC(Nc3ncc4nc(Nc5ccc(F)cc5F)n(C5CCC(CO)CC5)c4n3)CC2)CC1. The van der Waals surface area contributed by atoms with Crippen molar-refractivity contribution >= 4 is 34.7 Å². The molecule has 12 heteroatoms. The summed E-state index contributed by atoms with van der Waals surface area (Å²) >= 11 is 0. The molecule has 1 saturated heterocycles. The van der Waals surface area contributed by atoms with Gasteiger partial charge in [-0.3, -0.25) is 9.36 Å². The number of aromatic nitrogens is 4. The van der Waals surface area contributed by atoms with Crippen LogP contribution in [0, 0.1) is 23.5 Å². The van der Waals surface area contributed by atoms with Crippen LogP contribution in [-0.4, -0.2) is 86.2 Å². The molecule has 0 spiro atoms. The molecule has 234 valence electrons. The number of nitrogens with zero attached hydrogens (tertiary/aromatic N) is 6. The lowest BCUT2D eigenvalue weighted by atomic mass is 9.85. The topological polar surface area (TPSA) is 111 Å². The van der Waals surface area contributed by atoms with Crippen LogP contribution in [-0.2, 0) is 4.79 Å². The standard InChI is InChI=1S/C30H40F2N8O2.CH4/c1-38-12-14-39(15-13-38)28(42)20-4-7-22(8-5-20)34-29-33-17-26-27(37-29)40(23-9-2-19(18-41)3-10-23)30(36-26)35-25-11-6-21(31)16-24(25)32;/h6,11,16-17,19-20,22-23,41H,2-5,7-10,12-15,18H2,1H3,(H,35,36)(H,33,34,37);1H4. The summed E-state index contributed by atoms with van der Waals surface area (Å²) in [4.78, 5) is 31.4. The van der Waals surface area contributed by atoms with Crippen molar-refractivity contribution in [2.45, 2.75) is 70.9 Å². The fraction of sp³-hybridized carbons (Fsp3) is 0.613. The number of hydrogen-bond acceptors (Lipinski definition) is 8. The van der Waals surface area contributed by atoms with Gasteiger partial charge in [-0.25, -0.2) is 18.7 Å². The minimum atomic E-state index is -0.701. The number of aliphatic hydroxyl groups excluding tert-OH is 1. The number of amides is 1. The summed E-state index contributed by atoms with van der Waals surface area (Å²) in [6, 6.07) is 3.64. The second-order valence-electron chi connectivity index (χ2n) is 12.1. The largest absolute Gasteiger partial charge is 0.396 e. The molecule has 0 bridgehead atoms. The minimum Gasteiger partial charge on any atom is -0.396 e. The molecule has 3 fully saturated rings. The second-order valence-corrected chi connectivity index (χ2v) is 12.1. The number of aliphatic hydroxyl groups is 1. The fourth-order valence-electron chi connectivity index (χ4n) is 6.64. The Balaban J connectivity index is 0.00000368. The molecule has 1 aliphatic heterocycles. The van der Waals surface area contributed by atoms with Gasteiger partial charge in [0.05, 0.1) is 11.9 Å². The highest BCUT2D eigenvalue weighted by Crippen LogP contribution is 2.37. The molecule has 2 aromatic heterocycles. The van der Waals surface area contributed by atoms with Crippen LogP contribution >= 0.6 is 0 Å². The summed E-state index contributed by atoms with van der Waals surface area (Å²) in [5.41, 5.74) is 1.35. The third-order valence-corrected chi connectivity index (χ3v) is 9.27. The molecule has 3 aromatic rings. The highest BCUT2D eigenvalue weighted by atomic mass is 19.1. The molecule has 2 saturated carbocycles. The molecule has 0 radical (unpaired) electrons. The lowest BCUT2D eigenvalue weighted by Gasteiger charge is -2.36. The van der Waals surface area contributed by atoms with Gasteiger partial charge in [0.25, 0.3) is 0 Å². The van der Waals surface area contributed by atoms with Crippen molar-refractivity contribution in [3.05, 3.63) is 36.0 Å². The van der Waals surface area contributed by atoms with Crippen LogP contribution in [0.3, 0.4) is 0 Å². The lowest BCUT2D eigenvalue weighted by molar-refractivity contribution is -0.138. The van der Waals surface area contributed by atoms with Crippen LogP contribution in [0.5, 0.6) is 0 Å². The first-order valence-electron chi connectivity index (χ1n) is 15.2. The van der Waals surface area contributed by atoms with Crippen LogP contribution in [0.15, 0.2) is 24.4 Å². The molecule has 43 heavy (non-hydrogen) atoms. The number of nitrogens with one attached hydrogen (secondary N) is 2. The van der Waals surface area contributed by atoms with Crippen molar-refractivity contribution < 1.29 is 18.7 Å². The van der Waals surface area contributed by atoms with Gasteiger partial charge in [-0.1, -0.05) is 7.43 Å². The molecule has 1 amide bonds. The van der Waals surface area contributed by atoms with Crippen molar-refractivity contribution in [3.63, 3.8) is 0 Å². The second kappa shape index (κ2) is 13.5. The molecule has 3 N–H and O–H groups in total. The van der Waals surface area contributed by atoms with Gasteiger partial charge in [-0.2, -0.15) is 4.98 Å². The third-order valence-electron chi connectivity index (χ3n) is 9.27. The van der Waals surface area contributed by atoms with E-state index in [1.165, 1.54) is 12.1 Å². The summed E-state index contributed by atoms with van der Waals surface area (Å²) < 4.78 is 30.1. The molecule has 10 nitrogen and oxygen atoms in total. The Labute approximate surface area is 251 Å². The van der Waals surface area contributed by atoms with Gasteiger partial charge in [0.1, 0.15) is 17.2 Å². The van der Waals surface area contributed by atoms with Crippen molar-refractivity contribution in [2.75, 3.05) is 50.5 Å². The molecule has 0 atom stereocenters. The Hall–Kier alpha value is -3.38. The smallest absolute Gasteiger partial charge is 0.225 e. The van der Waals surface area contributed by atoms with E-state index in [2.05, 4.69) is 27.6 Å². The number of anilines is 3. The molecule has 0 unspecified atom stereocenters. The van der Waals surface area contributed by atoms with Crippen LogP contribution in [0.1, 0.15) is 64.8 Å². The number of carbonyl (C=O) groups excluding carboxylic acids is 1. The first kappa shape index (κ1) is 31.1. The number of hydrogen-bond donors (Lipinski definition) is 3. The Morgan fingerprint density at radius 3 is 2.40 bits per heavy atom. The average molecular weight is 599 g/mol. The number of carbonyl (C=O) groups is 1. The summed E-state index contributed by atoms with van der Waals surface area (Å²) in [6.45, 7) is 3.64. The molecule has 3 aliphatic rings. The number of benzene rings is 1. The Bertz CT molecular complexity index is 1390. The highest BCUT2D eigenvalue weighted by Gasteiger charge is 2.31. The maximum Gasteiger partial charge on any atom is 0.225 e. The van der Waals surface area contributed by atoms with E-state index in [-0.39, 0.29) is 49.5 Å². The summed E-state index contributed by atoms with van der Waals surface area (Å²) in [7, 11) is 2.09. The summed E-state index contributed by atoms with van der Waals surface area (Å²) in [5.74, 6) is 0.217. The number of halogens is 2.